The third-order valence-corrected chi connectivity index (χ3v) is 3.65. The van der Waals surface area contributed by atoms with Crippen LogP contribution in [0.25, 0.3) is 0 Å². The van der Waals surface area contributed by atoms with E-state index in [1.807, 2.05) is 20.8 Å². The molecule has 2 unspecified atom stereocenters. The maximum atomic E-state index is 12.1. The maximum absolute atomic E-state index is 12.1. The number of amides is 1. The number of carbonyl (C=O) groups excluding carboxylic acids is 3. The van der Waals surface area contributed by atoms with Gasteiger partial charge in [0, 0.05) is 12.5 Å². The molecule has 1 aliphatic heterocycles. The first-order chi connectivity index (χ1) is 9.22. The van der Waals surface area contributed by atoms with E-state index >= 15 is 0 Å². The molecule has 0 spiro atoms. The van der Waals surface area contributed by atoms with Crippen molar-refractivity contribution in [2.75, 3.05) is 14.2 Å². The average molecular weight is 285 g/mol. The Morgan fingerprint density at radius 2 is 1.90 bits per heavy atom. The van der Waals surface area contributed by atoms with Gasteiger partial charge < -0.3 is 14.4 Å². The minimum absolute atomic E-state index is 0.0687. The quantitative estimate of drug-likeness (QED) is 0.724. The van der Waals surface area contributed by atoms with Gasteiger partial charge in [-0.05, 0) is 11.8 Å². The van der Waals surface area contributed by atoms with E-state index in [0.717, 1.165) is 0 Å². The molecule has 6 heteroatoms. The fourth-order valence-electron chi connectivity index (χ4n) is 2.52. The second-order valence-electron chi connectivity index (χ2n) is 6.04. The molecule has 6 nitrogen and oxygen atoms in total. The lowest BCUT2D eigenvalue weighted by Gasteiger charge is -2.39. The number of rotatable bonds is 4. The third-order valence-electron chi connectivity index (χ3n) is 3.65. The predicted molar refractivity (Wildman–Crippen MR) is 71.8 cm³/mol. The summed E-state index contributed by atoms with van der Waals surface area (Å²) in [6, 6.07) is -1.00. The number of nitrogens with zero attached hydrogens (tertiary/aromatic N) is 1. The van der Waals surface area contributed by atoms with Gasteiger partial charge in [-0.3, -0.25) is 9.59 Å². The van der Waals surface area contributed by atoms with E-state index in [4.69, 9.17) is 9.47 Å². The second-order valence-corrected chi connectivity index (χ2v) is 6.04. The Kier molecular flexibility index (Phi) is 5.14. The van der Waals surface area contributed by atoms with Gasteiger partial charge in [0.05, 0.1) is 20.6 Å². The van der Waals surface area contributed by atoms with Crippen LogP contribution in [0.4, 0.5) is 0 Å². The van der Waals surface area contributed by atoms with Crippen LogP contribution in [0.3, 0.4) is 0 Å². The molecule has 0 saturated carbocycles. The van der Waals surface area contributed by atoms with Gasteiger partial charge in [-0.25, -0.2) is 4.79 Å². The zero-order chi connectivity index (χ0) is 15.5. The van der Waals surface area contributed by atoms with Gasteiger partial charge in [-0.1, -0.05) is 20.8 Å². The molecule has 1 fully saturated rings. The molecule has 1 amide bonds. The van der Waals surface area contributed by atoms with Crippen molar-refractivity contribution in [3.05, 3.63) is 0 Å². The van der Waals surface area contributed by atoms with Crippen LogP contribution in [0, 0.1) is 5.41 Å². The van der Waals surface area contributed by atoms with Crippen molar-refractivity contribution >= 4 is 17.8 Å². The Morgan fingerprint density at radius 3 is 2.35 bits per heavy atom. The van der Waals surface area contributed by atoms with Crippen molar-refractivity contribution < 1.29 is 23.9 Å². The zero-order valence-electron chi connectivity index (χ0n) is 12.8. The van der Waals surface area contributed by atoms with Crippen molar-refractivity contribution in [2.45, 2.75) is 52.1 Å². The molecule has 0 aromatic rings. The smallest absolute Gasteiger partial charge is 0.328 e. The molecule has 0 aromatic carbocycles. The van der Waals surface area contributed by atoms with Crippen LogP contribution < -0.4 is 0 Å². The van der Waals surface area contributed by atoms with Crippen LogP contribution in [-0.2, 0) is 23.9 Å². The van der Waals surface area contributed by atoms with Crippen molar-refractivity contribution in [3.8, 4) is 0 Å². The van der Waals surface area contributed by atoms with E-state index in [0.29, 0.717) is 12.8 Å². The van der Waals surface area contributed by atoms with Crippen LogP contribution >= 0.6 is 0 Å². The van der Waals surface area contributed by atoms with Gasteiger partial charge in [0.2, 0.25) is 5.91 Å². The molecule has 0 aliphatic carbocycles. The minimum atomic E-state index is -0.610. The normalized spacial score (nSPS) is 20.8. The summed E-state index contributed by atoms with van der Waals surface area (Å²) in [7, 11) is 2.61. The minimum Gasteiger partial charge on any atom is -0.469 e. The molecule has 1 aliphatic rings. The van der Waals surface area contributed by atoms with Crippen LogP contribution in [0.15, 0.2) is 0 Å². The van der Waals surface area contributed by atoms with Crippen LogP contribution in [0.1, 0.15) is 40.0 Å². The predicted octanol–water partition coefficient (Wildman–Crippen LogP) is 1.13. The first-order valence-corrected chi connectivity index (χ1v) is 6.68. The number of ether oxygens (including phenoxy) is 2. The molecule has 0 radical (unpaired) electrons. The van der Waals surface area contributed by atoms with Crippen molar-refractivity contribution in [1.82, 2.24) is 4.90 Å². The van der Waals surface area contributed by atoms with E-state index < -0.39 is 24.0 Å². The fourth-order valence-corrected chi connectivity index (χ4v) is 2.52. The van der Waals surface area contributed by atoms with E-state index in [2.05, 4.69) is 0 Å². The van der Waals surface area contributed by atoms with E-state index in [1.165, 1.54) is 19.1 Å². The number of esters is 2. The molecule has 2 atom stereocenters. The van der Waals surface area contributed by atoms with Crippen molar-refractivity contribution in [2.24, 2.45) is 5.41 Å². The van der Waals surface area contributed by atoms with Crippen LogP contribution in [0.5, 0.6) is 0 Å². The van der Waals surface area contributed by atoms with Crippen molar-refractivity contribution in [1.29, 1.82) is 0 Å². The number of likely N-dealkylation sites (tertiary alicyclic amines) is 1. The van der Waals surface area contributed by atoms with Gasteiger partial charge in [-0.2, -0.15) is 0 Å². The molecule has 20 heavy (non-hydrogen) atoms. The fraction of sp³-hybridized carbons (Fsp3) is 0.786. The lowest BCUT2D eigenvalue weighted by Crippen LogP contribution is -2.52. The zero-order valence-corrected chi connectivity index (χ0v) is 12.8. The number of carbonyl (C=O) groups is 3. The highest BCUT2D eigenvalue weighted by Gasteiger charge is 2.45. The molecule has 0 aromatic heterocycles. The first-order valence-electron chi connectivity index (χ1n) is 6.68. The monoisotopic (exact) mass is 285 g/mol. The summed E-state index contributed by atoms with van der Waals surface area (Å²) in [4.78, 5) is 37.1. The van der Waals surface area contributed by atoms with E-state index in [9.17, 15) is 14.4 Å². The largest absolute Gasteiger partial charge is 0.469 e. The number of methoxy groups -OCH3 is 2. The number of hydrogen-bond acceptors (Lipinski definition) is 5. The summed E-state index contributed by atoms with van der Waals surface area (Å²) in [5.74, 6) is -0.951. The van der Waals surface area contributed by atoms with Crippen LogP contribution in [0.2, 0.25) is 0 Å². The molecular formula is C14H23NO5. The van der Waals surface area contributed by atoms with Gasteiger partial charge in [0.15, 0.2) is 0 Å². The summed E-state index contributed by atoms with van der Waals surface area (Å²) >= 11 is 0. The first kappa shape index (κ1) is 16.5. The molecule has 1 heterocycles. The average Bonchev–Trinajstić information content (AvgIpc) is 2.75. The summed E-state index contributed by atoms with van der Waals surface area (Å²) < 4.78 is 9.46. The Hall–Kier alpha value is -1.59. The summed E-state index contributed by atoms with van der Waals surface area (Å²) in [5, 5.41) is 0. The Morgan fingerprint density at radius 1 is 1.30 bits per heavy atom. The Bertz CT molecular complexity index is 399. The SMILES string of the molecule is COC(=O)CC(N1C(=O)CCC1C(=O)OC)C(C)(C)C. The van der Waals surface area contributed by atoms with Gasteiger partial charge in [0.1, 0.15) is 6.04 Å². The van der Waals surface area contributed by atoms with E-state index in [1.54, 1.807) is 0 Å². The lowest BCUT2D eigenvalue weighted by atomic mass is 9.83. The summed E-state index contributed by atoms with van der Waals surface area (Å²) in [6.07, 6.45) is 0.798. The Labute approximate surface area is 119 Å². The maximum Gasteiger partial charge on any atom is 0.328 e. The highest BCUT2D eigenvalue weighted by Crippen LogP contribution is 2.34. The molecule has 114 valence electrons. The topological polar surface area (TPSA) is 72.9 Å². The van der Waals surface area contributed by atoms with Crippen molar-refractivity contribution in [3.63, 3.8) is 0 Å². The molecule has 1 rings (SSSR count). The number of hydrogen-bond donors (Lipinski definition) is 0. The van der Waals surface area contributed by atoms with Gasteiger partial charge in [-0.15, -0.1) is 0 Å². The molecule has 0 bridgehead atoms. The highest BCUT2D eigenvalue weighted by atomic mass is 16.5. The van der Waals surface area contributed by atoms with Crippen LogP contribution in [-0.4, -0.2) is 49.0 Å². The molecule has 0 N–H and O–H groups in total. The second kappa shape index (κ2) is 6.24. The standard InChI is InChI=1S/C14H23NO5/c1-14(2,3)10(8-12(17)19-4)15-9(13(18)20-5)6-7-11(15)16/h9-10H,6-8H2,1-5H3. The summed E-state index contributed by atoms with van der Waals surface area (Å²) in [6.45, 7) is 5.79. The Balaban J connectivity index is 3.06. The van der Waals surface area contributed by atoms with Gasteiger partial charge >= 0.3 is 11.9 Å². The highest BCUT2D eigenvalue weighted by molar-refractivity contribution is 5.89. The van der Waals surface area contributed by atoms with Gasteiger partial charge in [0.25, 0.3) is 0 Å². The van der Waals surface area contributed by atoms with E-state index in [-0.39, 0.29) is 17.7 Å². The lowest BCUT2D eigenvalue weighted by molar-refractivity contribution is -0.155. The third kappa shape index (κ3) is 3.49. The summed E-state index contributed by atoms with van der Waals surface area (Å²) in [5.41, 5.74) is -0.347. The molecule has 1 saturated heterocycles. The molecular weight excluding hydrogens is 262 g/mol.